The van der Waals surface area contributed by atoms with Crippen molar-refractivity contribution in [3.63, 3.8) is 0 Å². The fourth-order valence-electron chi connectivity index (χ4n) is 4.02. The van der Waals surface area contributed by atoms with Crippen molar-refractivity contribution in [1.82, 2.24) is 15.0 Å². The number of benzene rings is 4. The molecule has 5 rings (SSSR count). The van der Waals surface area contributed by atoms with Crippen molar-refractivity contribution in [2.45, 2.75) is 14.7 Å². The van der Waals surface area contributed by atoms with Crippen LogP contribution in [0.4, 0.5) is 34.6 Å². The Balaban J connectivity index is 0.00000325. The predicted octanol–water partition coefficient (Wildman–Crippen LogP) is -4.26. The van der Waals surface area contributed by atoms with Gasteiger partial charge in [0.05, 0.1) is 9.79 Å². The summed E-state index contributed by atoms with van der Waals surface area (Å²) in [7, 11) is -14.3. The van der Waals surface area contributed by atoms with E-state index in [0.717, 1.165) is 30.3 Å². The average Bonchev–Trinajstić information content (AvgIpc) is 2.95. The maximum Gasteiger partial charge on any atom is 1.00 e. The normalized spacial score (nSPS) is 11.5. The molecular formula is C25H18ClCuN7Na3O11S3+3. The van der Waals surface area contributed by atoms with Gasteiger partial charge in [-0.2, -0.15) is 40.2 Å². The van der Waals surface area contributed by atoms with Crippen LogP contribution in [0.1, 0.15) is 0 Å². The van der Waals surface area contributed by atoms with Crippen LogP contribution in [0.3, 0.4) is 0 Å². The van der Waals surface area contributed by atoms with Crippen LogP contribution in [0.2, 0.25) is 5.28 Å². The van der Waals surface area contributed by atoms with Crippen molar-refractivity contribution in [3.05, 3.63) is 72.0 Å². The maximum absolute atomic E-state index is 12.3. The Hall–Kier alpha value is -1.51. The molecule has 0 saturated heterocycles. The summed E-state index contributed by atoms with van der Waals surface area (Å²) >= 11 is 6.02. The van der Waals surface area contributed by atoms with E-state index in [1.165, 1.54) is 36.4 Å². The molecule has 5 aromatic rings. The number of phenols is 2. The molecule has 0 aliphatic rings. The molecule has 0 fully saturated rings. The van der Waals surface area contributed by atoms with Crippen LogP contribution in [0, 0.1) is 0 Å². The molecule has 0 spiro atoms. The number of rotatable bonds is 9. The summed E-state index contributed by atoms with van der Waals surface area (Å²) in [5.74, 6) is -1.63. The fourth-order valence-corrected chi connectivity index (χ4v) is 5.87. The van der Waals surface area contributed by atoms with E-state index in [-0.39, 0.29) is 150 Å². The van der Waals surface area contributed by atoms with E-state index in [0.29, 0.717) is 0 Å². The van der Waals surface area contributed by atoms with Gasteiger partial charge < -0.3 is 20.8 Å². The summed E-state index contributed by atoms with van der Waals surface area (Å²) in [4.78, 5) is 10.0. The first kappa shape index (κ1) is 47.5. The van der Waals surface area contributed by atoms with Gasteiger partial charge >= 0.3 is 88.7 Å². The number of anilines is 4. The number of nitrogens with one attached hydrogen (secondary N) is 2. The first-order valence-corrected chi connectivity index (χ1v) is 17.1. The molecule has 0 saturated carbocycles. The van der Waals surface area contributed by atoms with Crippen LogP contribution in [0.25, 0.3) is 10.8 Å². The van der Waals surface area contributed by atoms with Gasteiger partial charge in [-0.05, 0) is 77.7 Å². The Morgan fingerprint density at radius 3 is 1.78 bits per heavy atom. The van der Waals surface area contributed by atoms with Gasteiger partial charge in [-0.1, -0.05) is 6.07 Å². The van der Waals surface area contributed by atoms with Crippen LogP contribution in [-0.2, 0) is 47.4 Å². The number of hydrogen-bond acceptors (Lipinski definition) is 15. The molecule has 51 heavy (non-hydrogen) atoms. The van der Waals surface area contributed by atoms with Crippen LogP contribution in [-0.4, -0.2) is 64.1 Å². The molecule has 4 aromatic carbocycles. The van der Waals surface area contributed by atoms with E-state index in [2.05, 4.69) is 35.8 Å². The van der Waals surface area contributed by atoms with E-state index in [9.17, 15) is 49.1 Å². The van der Waals surface area contributed by atoms with Gasteiger partial charge in [0, 0.05) is 33.8 Å². The fraction of sp³-hybridized carbons (Fsp3) is 0. The number of hydrogen-bond donors (Lipinski definition) is 7. The van der Waals surface area contributed by atoms with E-state index >= 15 is 0 Å². The van der Waals surface area contributed by atoms with E-state index < -0.39 is 63.0 Å². The second-order valence-electron chi connectivity index (χ2n) is 9.31. The van der Waals surface area contributed by atoms with Crippen molar-refractivity contribution in [1.29, 1.82) is 0 Å². The Bertz CT molecular complexity index is 2470. The summed E-state index contributed by atoms with van der Waals surface area (Å²) in [6.45, 7) is 0. The van der Waals surface area contributed by atoms with Crippen molar-refractivity contribution in [3.8, 4) is 11.5 Å². The molecule has 1 aromatic heterocycles. The quantitative estimate of drug-likeness (QED) is 0.0420. The standard InChI is InChI=1S/C25H18ClN7O11S3.Cu.3Na/c26-23-29-24(27-13-2-1-3-15(10-13)45(36,37)38)31-25(30-23)28-14-4-6-17-12(8-14)9-20(47(42,43)44)21(22(17)35)33-32-18-11-16(46(39,40)41)5-7-19(18)34;;;;/h1-11,34-35H,(H,36,37,38)(H,39,40,41)(H,42,43,44)(H2,27,28,29,30,31);;;;/q;;3*+1. The largest absolute Gasteiger partial charge is 1.00 e. The molecular weight excluding hydrogens is 838 g/mol. The Morgan fingerprint density at radius 2 is 1.22 bits per heavy atom. The van der Waals surface area contributed by atoms with Crippen molar-refractivity contribution in [2.24, 2.45) is 10.2 Å². The van der Waals surface area contributed by atoms with Crippen LogP contribution >= 0.6 is 11.6 Å². The minimum absolute atomic E-state index is 0. The smallest absolute Gasteiger partial charge is 0.506 e. The molecule has 0 atom stereocenters. The van der Waals surface area contributed by atoms with Crippen LogP contribution < -0.4 is 99.3 Å². The van der Waals surface area contributed by atoms with Crippen molar-refractivity contribution < 1.29 is 155 Å². The van der Waals surface area contributed by atoms with Crippen molar-refractivity contribution in [2.75, 3.05) is 10.6 Å². The summed E-state index contributed by atoms with van der Waals surface area (Å²) < 4.78 is 98.7. The molecule has 0 amide bonds. The third-order valence-corrected chi connectivity index (χ3v) is 8.82. The molecule has 0 aliphatic carbocycles. The van der Waals surface area contributed by atoms with Crippen LogP contribution in [0.15, 0.2) is 91.6 Å². The maximum atomic E-state index is 12.3. The Kier molecular flexibility index (Phi) is 17.4. The average molecular weight is 857 g/mol. The molecule has 26 heteroatoms. The molecule has 0 unspecified atom stereocenters. The summed E-state index contributed by atoms with van der Waals surface area (Å²) in [6.07, 6.45) is 0. The monoisotopic (exact) mass is 855 g/mol. The Morgan fingerprint density at radius 1 is 0.647 bits per heavy atom. The van der Waals surface area contributed by atoms with E-state index in [4.69, 9.17) is 11.6 Å². The molecule has 1 radical (unpaired) electrons. The number of azo groups is 1. The third-order valence-electron chi connectivity index (χ3n) is 6.08. The summed E-state index contributed by atoms with van der Waals surface area (Å²) in [5, 5.41) is 33.5. The number of aromatic nitrogens is 3. The van der Waals surface area contributed by atoms with Gasteiger partial charge in [0.25, 0.3) is 30.4 Å². The minimum Gasteiger partial charge on any atom is -0.506 e. The van der Waals surface area contributed by atoms with E-state index in [1.807, 2.05) is 0 Å². The minimum atomic E-state index is -5.06. The Labute approximate surface area is 371 Å². The van der Waals surface area contributed by atoms with Gasteiger partial charge in [-0.3, -0.25) is 13.7 Å². The number of fused-ring (bicyclic) bond motifs is 1. The van der Waals surface area contributed by atoms with Crippen molar-refractivity contribution >= 4 is 87.4 Å². The van der Waals surface area contributed by atoms with Gasteiger partial charge in [0.15, 0.2) is 5.75 Å². The molecule has 18 nitrogen and oxygen atoms in total. The first-order valence-electron chi connectivity index (χ1n) is 12.4. The van der Waals surface area contributed by atoms with Gasteiger partial charge in [-0.25, -0.2) is 0 Å². The SMILES string of the molecule is O=S(=O)(O)c1cccc(Nc2nc(Cl)nc(Nc3ccc4c(O)c(N=Nc5cc(S(=O)(=O)O)ccc5O)c(S(=O)(=O)O)cc4c3)n2)c1.[Cu].[Na+].[Na+].[Na+]. The van der Waals surface area contributed by atoms with Gasteiger partial charge in [0.1, 0.15) is 22.0 Å². The zero-order valence-electron chi connectivity index (χ0n) is 26.2. The molecule has 1 heterocycles. The number of phenolic OH excluding ortho intramolecular Hbond substituents is 2. The van der Waals surface area contributed by atoms with Gasteiger partial charge in [-0.15, -0.1) is 10.2 Å². The van der Waals surface area contributed by atoms with Crippen LogP contribution in [0.5, 0.6) is 11.5 Å². The molecule has 0 aliphatic heterocycles. The summed E-state index contributed by atoms with van der Waals surface area (Å²) in [5.41, 5.74) is -0.866. The number of halogens is 1. The summed E-state index contributed by atoms with van der Waals surface area (Å²) in [6, 6.07) is 12.7. The zero-order valence-corrected chi connectivity index (χ0v) is 36.3. The second kappa shape index (κ2) is 18.7. The number of aromatic hydroxyl groups is 2. The molecule has 7 N–H and O–H groups in total. The predicted molar refractivity (Wildman–Crippen MR) is 165 cm³/mol. The number of nitrogens with zero attached hydrogens (tertiary/aromatic N) is 5. The molecule has 255 valence electrons. The first-order chi connectivity index (χ1) is 21.9. The second-order valence-corrected chi connectivity index (χ2v) is 13.9. The molecule has 0 bridgehead atoms. The zero-order chi connectivity index (χ0) is 34.3. The topological polar surface area (TPSA) is 291 Å². The van der Waals surface area contributed by atoms with E-state index in [1.54, 1.807) is 0 Å². The van der Waals surface area contributed by atoms with Gasteiger partial charge in [0.2, 0.25) is 17.2 Å². The third kappa shape index (κ3) is 12.0.